The molecule has 12 nitrogen and oxygen atoms in total. The summed E-state index contributed by atoms with van der Waals surface area (Å²) in [6.07, 6.45) is 0. The lowest BCUT2D eigenvalue weighted by Crippen LogP contribution is -2.41. The summed E-state index contributed by atoms with van der Waals surface area (Å²) in [6, 6.07) is 26.1. The zero-order chi connectivity index (χ0) is 50.1. The van der Waals surface area contributed by atoms with Crippen LogP contribution in [0.15, 0.2) is 89.4 Å². The quantitative estimate of drug-likeness (QED) is 0.0461. The van der Waals surface area contributed by atoms with E-state index in [1.54, 1.807) is 24.3 Å². The molecule has 3 aliphatic heterocycles. The van der Waals surface area contributed by atoms with E-state index in [9.17, 15) is 0 Å². The van der Waals surface area contributed by atoms with Gasteiger partial charge < -0.3 is 56.3 Å². The van der Waals surface area contributed by atoms with Gasteiger partial charge in [-0.3, -0.25) is 0 Å². The Bertz CT molecular complexity index is 2160. The summed E-state index contributed by atoms with van der Waals surface area (Å²) in [5.74, 6) is 2.89. The molecule has 0 radical (unpaired) electrons. The van der Waals surface area contributed by atoms with E-state index in [-0.39, 0.29) is 61.4 Å². The number of ether oxygens (including phenoxy) is 6. The van der Waals surface area contributed by atoms with Crippen LogP contribution in [0.1, 0.15) is 109 Å². The van der Waals surface area contributed by atoms with E-state index in [0.717, 1.165) is 32.6 Å². The minimum atomic E-state index is -0.477. The summed E-state index contributed by atoms with van der Waals surface area (Å²) < 4.78 is 70.6. The summed E-state index contributed by atoms with van der Waals surface area (Å²) in [7, 11) is -1.43. The van der Waals surface area contributed by atoms with Crippen molar-refractivity contribution in [2.24, 2.45) is 0 Å². The Labute approximate surface area is 448 Å². The molecule has 19 heteroatoms. The highest BCUT2D eigenvalue weighted by Gasteiger charge is 2.63. The highest BCUT2D eigenvalue weighted by Crippen LogP contribution is 2.43. The molecule has 0 unspecified atom stereocenters. The van der Waals surface area contributed by atoms with Crippen LogP contribution in [0.2, 0.25) is 10.0 Å². The Morgan fingerprint density at radius 1 is 0.464 bits per heavy atom. The molecule has 3 fully saturated rings. The van der Waals surface area contributed by atoms with Gasteiger partial charge in [0.15, 0.2) is 0 Å². The second-order valence-corrected chi connectivity index (χ2v) is 21.2. The fourth-order valence-electron chi connectivity index (χ4n) is 6.56. The average Bonchev–Trinajstić information content (AvgIpc) is 3.73. The van der Waals surface area contributed by atoms with E-state index in [1.807, 2.05) is 158 Å². The smallest absolute Gasteiger partial charge is 0.457 e. The number of hydrogen-bond acceptors (Lipinski definition) is 12. The van der Waals surface area contributed by atoms with Crippen LogP contribution in [-0.2, 0) is 60.1 Å². The fraction of sp³-hybridized carbons (Fsp3) is 0.520. The molecule has 0 aromatic heterocycles. The van der Waals surface area contributed by atoms with Gasteiger partial charge in [0.1, 0.15) is 36.6 Å². The summed E-state index contributed by atoms with van der Waals surface area (Å²) in [4.78, 5) is 0. The van der Waals surface area contributed by atoms with Gasteiger partial charge in [-0.25, -0.2) is 0 Å². The van der Waals surface area contributed by atoms with Gasteiger partial charge in [-0.1, -0.05) is 45.2 Å². The predicted octanol–water partition coefficient (Wildman–Crippen LogP) is 13.5. The maximum atomic E-state index is 6.23. The Hall–Kier alpha value is -1.94. The first-order chi connectivity index (χ1) is 31.8. The molecular weight excluding hydrogens is 1100 g/mol. The van der Waals surface area contributed by atoms with Crippen LogP contribution in [0.25, 0.3) is 0 Å². The van der Waals surface area contributed by atoms with Crippen molar-refractivity contribution in [2.75, 3.05) is 26.8 Å². The van der Waals surface area contributed by atoms with Crippen LogP contribution in [0.3, 0.4) is 0 Å². The molecule has 0 saturated carbocycles. The summed E-state index contributed by atoms with van der Waals surface area (Å²) >= 11 is 15.3. The van der Waals surface area contributed by atoms with Crippen molar-refractivity contribution in [1.82, 2.24) is 0 Å². The van der Waals surface area contributed by atoms with Crippen LogP contribution in [0.5, 0.6) is 23.0 Å². The van der Waals surface area contributed by atoms with E-state index in [0.29, 0.717) is 48.0 Å². The number of halogens is 4. The van der Waals surface area contributed by atoms with Crippen molar-refractivity contribution in [2.45, 2.75) is 144 Å². The van der Waals surface area contributed by atoms with Gasteiger partial charge in [0.25, 0.3) is 0 Å². The highest BCUT2D eigenvalue weighted by molar-refractivity contribution is 14.0. The predicted molar refractivity (Wildman–Crippen MR) is 292 cm³/mol. The Balaban J connectivity index is 0.000000283. The monoisotopic (exact) mass is 1170 g/mol. The average molecular weight is 1170 g/mol. The number of hydrogen-bond donors (Lipinski definition) is 0. The van der Waals surface area contributed by atoms with E-state index >= 15 is 0 Å². The van der Waals surface area contributed by atoms with Gasteiger partial charge in [0.2, 0.25) is 0 Å². The molecule has 3 heterocycles. The SMILES string of the molecule is CC1(C)OB(B2OC(C)(C)C(C)(C)O2)OC1(C)C.CCOCOCc1cc(Oc2ccc(Cl)cc2)ccc1B1OC(C)(C)C(C)(C)O1.CCOCOCc1cc(Oc2ccc(Cl)cc2)ccc1Br.I.[HH]. The largest absolute Gasteiger partial charge is 0.495 e. The topological polar surface area (TPSA) is 111 Å². The lowest BCUT2D eigenvalue weighted by atomic mass is 9.49. The van der Waals surface area contributed by atoms with E-state index in [2.05, 4.69) is 15.9 Å². The normalized spacial score (nSPS) is 18.9. The lowest BCUT2D eigenvalue weighted by Gasteiger charge is -2.32. The molecular formula is C50H71B3BrCl2IO12. The summed E-state index contributed by atoms with van der Waals surface area (Å²) in [5.41, 5.74) is 0.573. The van der Waals surface area contributed by atoms with Gasteiger partial charge in [-0.05, 0) is 192 Å². The van der Waals surface area contributed by atoms with Gasteiger partial charge in [0, 0.05) is 29.2 Å². The third-order valence-electron chi connectivity index (χ3n) is 12.8. The van der Waals surface area contributed by atoms with Crippen LogP contribution in [-0.4, -0.2) is 81.5 Å². The molecule has 3 aliphatic rings. The standard InChI is InChI=1S/C22H28BClO5.C16H16BrClO3.C12H24B2O4.HI.H2/c1-6-25-15-26-14-16-13-19(27-18-9-7-17(24)8-10-18)11-12-20(16)23-28-21(2,3)22(4,5)29-23;1-2-19-11-20-10-12-9-15(7-8-16(12)17)21-14-5-3-13(18)4-6-14;1-9(2)10(3,4)16-13(15-9)14-17-11(5,6)12(7,8)18-14;;/h7-13H,6,14-15H2,1-5H3;3-9H,2,10-11H2,1H3;1-8H3;2*1H. The molecule has 0 bridgehead atoms. The Morgan fingerprint density at radius 2 is 0.797 bits per heavy atom. The van der Waals surface area contributed by atoms with Gasteiger partial charge >= 0.3 is 21.1 Å². The van der Waals surface area contributed by atoms with E-state index in [4.69, 9.17) is 79.5 Å². The van der Waals surface area contributed by atoms with E-state index in [1.165, 1.54) is 0 Å². The van der Waals surface area contributed by atoms with Crippen molar-refractivity contribution in [1.29, 1.82) is 0 Å². The third-order valence-corrected chi connectivity index (χ3v) is 14.0. The van der Waals surface area contributed by atoms with Gasteiger partial charge in [0.05, 0.1) is 46.8 Å². The number of benzene rings is 4. The van der Waals surface area contributed by atoms with Gasteiger partial charge in [-0.15, -0.1) is 24.0 Å². The van der Waals surface area contributed by atoms with Crippen molar-refractivity contribution < 1.29 is 57.8 Å². The van der Waals surface area contributed by atoms with Crippen LogP contribution >= 0.6 is 63.1 Å². The lowest BCUT2D eigenvalue weighted by molar-refractivity contribution is -0.0573. The third kappa shape index (κ3) is 16.3. The van der Waals surface area contributed by atoms with Crippen molar-refractivity contribution in [3.05, 3.63) is 111 Å². The summed E-state index contributed by atoms with van der Waals surface area (Å²) in [5, 5.41) is 1.35. The molecule has 4 aromatic rings. The molecule has 0 spiro atoms. The minimum absolute atomic E-state index is 0. The second-order valence-electron chi connectivity index (χ2n) is 19.5. The van der Waals surface area contributed by atoms with Crippen molar-refractivity contribution in [3.63, 3.8) is 0 Å². The first-order valence-corrected chi connectivity index (χ1v) is 24.5. The zero-order valence-corrected chi connectivity index (χ0v) is 47.9. The molecule has 0 N–H and O–H groups in total. The Kier molecular flexibility index (Phi) is 21.9. The first-order valence-electron chi connectivity index (χ1n) is 22.9. The molecule has 69 heavy (non-hydrogen) atoms. The maximum absolute atomic E-state index is 6.23. The molecule has 4 aromatic carbocycles. The molecule has 7 rings (SSSR count). The zero-order valence-electron chi connectivity index (χ0n) is 42.5. The van der Waals surface area contributed by atoms with Crippen LogP contribution in [0.4, 0.5) is 0 Å². The highest BCUT2D eigenvalue weighted by atomic mass is 127. The molecule has 0 aliphatic carbocycles. The van der Waals surface area contributed by atoms with Crippen LogP contribution < -0.4 is 14.9 Å². The summed E-state index contributed by atoms with van der Waals surface area (Å²) in [6.45, 7) is 30.8. The van der Waals surface area contributed by atoms with Crippen LogP contribution in [0, 0.1) is 0 Å². The Morgan fingerprint density at radius 3 is 1.19 bits per heavy atom. The molecule has 0 atom stereocenters. The number of rotatable bonds is 16. The second kappa shape index (κ2) is 25.3. The van der Waals surface area contributed by atoms with Gasteiger partial charge in [-0.2, -0.15) is 0 Å². The molecule has 3 saturated heterocycles. The maximum Gasteiger partial charge on any atom is 0.495 e. The first kappa shape index (κ1) is 59.6. The minimum Gasteiger partial charge on any atom is -0.457 e. The van der Waals surface area contributed by atoms with Crippen molar-refractivity contribution >= 4 is 89.7 Å². The fourth-order valence-corrected chi connectivity index (χ4v) is 7.17. The molecule has 0 amide bonds. The van der Waals surface area contributed by atoms with Crippen molar-refractivity contribution in [3.8, 4) is 23.0 Å². The molecule has 380 valence electrons. The van der Waals surface area contributed by atoms with E-state index < -0.39 is 32.3 Å².